The summed E-state index contributed by atoms with van der Waals surface area (Å²) in [6.07, 6.45) is 0. The van der Waals surface area contributed by atoms with Gasteiger partial charge in [-0.25, -0.2) is 0 Å². The second-order valence-electron chi connectivity index (χ2n) is 5.33. The Morgan fingerprint density at radius 2 is 1.10 bits per heavy atom. The van der Waals surface area contributed by atoms with E-state index in [9.17, 15) is 5.11 Å². The fraction of sp³-hybridized carbons (Fsp3) is 0.100. The van der Waals surface area contributed by atoms with Crippen molar-refractivity contribution in [2.45, 2.75) is 13.8 Å². The third-order valence-corrected chi connectivity index (χ3v) is 3.89. The summed E-state index contributed by atoms with van der Waals surface area (Å²) in [4.78, 5) is 0. The van der Waals surface area contributed by atoms with E-state index in [0.29, 0.717) is 5.75 Å². The topological polar surface area (TPSA) is 20.2 Å². The molecule has 0 saturated carbocycles. The summed E-state index contributed by atoms with van der Waals surface area (Å²) in [5.41, 5.74) is 6.58. The van der Waals surface area contributed by atoms with Crippen molar-refractivity contribution in [2.75, 3.05) is 0 Å². The summed E-state index contributed by atoms with van der Waals surface area (Å²) in [7, 11) is 0. The molecule has 3 rings (SSSR count). The number of aromatic hydroxyl groups is 1. The Morgan fingerprint density at radius 1 is 0.571 bits per heavy atom. The van der Waals surface area contributed by atoms with Gasteiger partial charge in [-0.1, -0.05) is 60.7 Å². The minimum atomic E-state index is 0.324. The third-order valence-electron chi connectivity index (χ3n) is 3.89. The first kappa shape index (κ1) is 13.4. The maximum Gasteiger partial charge on any atom is 0.124 e. The minimum absolute atomic E-state index is 0.324. The quantitative estimate of drug-likeness (QED) is 0.668. The molecule has 0 fully saturated rings. The van der Waals surface area contributed by atoms with Gasteiger partial charge in [-0.05, 0) is 47.7 Å². The SMILES string of the molecule is Cc1ccccc1-c1cccc(O)c1-c1ccccc1C. The van der Waals surface area contributed by atoms with E-state index in [1.807, 2.05) is 30.3 Å². The van der Waals surface area contributed by atoms with Crippen LogP contribution in [0, 0.1) is 13.8 Å². The molecule has 0 aliphatic rings. The number of phenols is 1. The van der Waals surface area contributed by atoms with Gasteiger partial charge in [0.05, 0.1) is 0 Å². The average Bonchev–Trinajstić information content (AvgIpc) is 2.49. The van der Waals surface area contributed by atoms with Gasteiger partial charge in [0.15, 0.2) is 0 Å². The normalized spacial score (nSPS) is 10.6. The number of phenolic OH excluding ortho intramolecular Hbond substituents is 1. The lowest BCUT2D eigenvalue weighted by Gasteiger charge is -2.15. The van der Waals surface area contributed by atoms with Crippen molar-refractivity contribution in [1.82, 2.24) is 0 Å². The molecule has 0 radical (unpaired) electrons. The predicted molar refractivity (Wildman–Crippen MR) is 88.5 cm³/mol. The Labute approximate surface area is 125 Å². The van der Waals surface area contributed by atoms with Crippen LogP contribution in [0.1, 0.15) is 11.1 Å². The van der Waals surface area contributed by atoms with Crippen LogP contribution in [-0.2, 0) is 0 Å². The lowest BCUT2D eigenvalue weighted by Crippen LogP contribution is -1.90. The van der Waals surface area contributed by atoms with Gasteiger partial charge < -0.3 is 5.11 Å². The lowest BCUT2D eigenvalue weighted by atomic mass is 9.90. The van der Waals surface area contributed by atoms with Gasteiger partial charge in [0.25, 0.3) is 0 Å². The zero-order valence-corrected chi connectivity index (χ0v) is 12.3. The Morgan fingerprint density at radius 3 is 1.71 bits per heavy atom. The van der Waals surface area contributed by atoms with E-state index < -0.39 is 0 Å². The zero-order valence-electron chi connectivity index (χ0n) is 12.3. The molecule has 1 N–H and O–H groups in total. The van der Waals surface area contributed by atoms with Crippen molar-refractivity contribution < 1.29 is 5.11 Å². The maximum atomic E-state index is 10.4. The highest BCUT2D eigenvalue weighted by atomic mass is 16.3. The van der Waals surface area contributed by atoms with Crippen LogP contribution in [0.25, 0.3) is 22.3 Å². The van der Waals surface area contributed by atoms with E-state index in [0.717, 1.165) is 27.8 Å². The third kappa shape index (κ3) is 2.43. The zero-order chi connectivity index (χ0) is 14.8. The van der Waals surface area contributed by atoms with Gasteiger partial charge in [-0.15, -0.1) is 0 Å². The molecule has 3 aromatic carbocycles. The summed E-state index contributed by atoms with van der Waals surface area (Å²) in [6.45, 7) is 4.17. The molecular formula is C20H18O. The number of benzene rings is 3. The first-order chi connectivity index (χ1) is 10.2. The molecule has 3 aromatic rings. The van der Waals surface area contributed by atoms with Crippen LogP contribution in [-0.4, -0.2) is 5.11 Å². The van der Waals surface area contributed by atoms with E-state index in [1.165, 1.54) is 5.56 Å². The fourth-order valence-corrected chi connectivity index (χ4v) is 2.78. The number of hydrogen-bond donors (Lipinski definition) is 1. The monoisotopic (exact) mass is 274 g/mol. The Balaban J connectivity index is 2.32. The minimum Gasteiger partial charge on any atom is -0.507 e. The van der Waals surface area contributed by atoms with Crippen molar-refractivity contribution in [2.24, 2.45) is 0 Å². The van der Waals surface area contributed by atoms with E-state index in [1.54, 1.807) is 6.07 Å². The van der Waals surface area contributed by atoms with Crippen molar-refractivity contribution in [3.05, 3.63) is 77.9 Å². The highest BCUT2D eigenvalue weighted by Gasteiger charge is 2.14. The molecule has 0 saturated heterocycles. The Bertz CT molecular complexity index is 787. The van der Waals surface area contributed by atoms with Crippen LogP contribution in [0.5, 0.6) is 5.75 Å². The smallest absolute Gasteiger partial charge is 0.124 e. The second-order valence-corrected chi connectivity index (χ2v) is 5.33. The summed E-state index contributed by atoms with van der Waals surface area (Å²) in [6, 6.07) is 22.2. The van der Waals surface area contributed by atoms with Crippen molar-refractivity contribution in [1.29, 1.82) is 0 Å². The molecule has 0 aromatic heterocycles. The molecule has 0 aliphatic heterocycles. The number of aryl methyl sites for hydroxylation is 2. The summed E-state index contributed by atoms with van der Waals surface area (Å²) in [5, 5.41) is 10.4. The molecular weight excluding hydrogens is 256 g/mol. The average molecular weight is 274 g/mol. The first-order valence-corrected chi connectivity index (χ1v) is 7.12. The molecule has 0 atom stereocenters. The van der Waals surface area contributed by atoms with Crippen molar-refractivity contribution in [3.63, 3.8) is 0 Å². The van der Waals surface area contributed by atoms with E-state index in [-0.39, 0.29) is 0 Å². The Kier molecular flexibility index (Phi) is 3.49. The molecule has 0 aliphatic carbocycles. The van der Waals surface area contributed by atoms with Gasteiger partial charge in [0.1, 0.15) is 5.75 Å². The standard InChI is InChI=1S/C20H18O/c1-14-8-3-5-10-16(14)18-12-7-13-19(21)20(18)17-11-6-4-9-15(17)2/h3-13,21H,1-2H3. The van der Waals surface area contributed by atoms with Gasteiger partial charge in [0.2, 0.25) is 0 Å². The molecule has 1 heteroatoms. The van der Waals surface area contributed by atoms with Crippen molar-refractivity contribution in [3.8, 4) is 28.0 Å². The van der Waals surface area contributed by atoms with Crippen molar-refractivity contribution >= 4 is 0 Å². The van der Waals surface area contributed by atoms with Crippen LogP contribution < -0.4 is 0 Å². The summed E-state index contributed by atoms with van der Waals surface area (Å²) < 4.78 is 0. The maximum absolute atomic E-state index is 10.4. The van der Waals surface area contributed by atoms with Crippen LogP contribution >= 0.6 is 0 Å². The van der Waals surface area contributed by atoms with Crippen LogP contribution in [0.15, 0.2) is 66.7 Å². The van der Waals surface area contributed by atoms with Gasteiger partial charge >= 0.3 is 0 Å². The summed E-state index contributed by atoms with van der Waals surface area (Å²) in [5.74, 6) is 0.324. The molecule has 0 unspecified atom stereocenters. The fourth-order valence-electron chi connectivity index (χ4n) is 2.78. The first-order valence-electron chi connectivity index (χ1n) is 7.12. The van der Waals surface area contributed by atoms with Crippen LogP contribution in [0.4, 0.5) is 0 Å². The van der Waals surface area contributed by atoms with Gasteiger partial charge in [-0.3, -0.25) is 0 Å². The highest BCUT2D eigenvalue weighted by molar-refractivity contribution is 5.89. The van der Waals surface area contributed by atoms with E-state index in [4.69, 9.17) is 0 Å². The molecule has 1 nitrogen and oxygen atoms in total. The molecule has 21 heavy (non-hydrogen) atoms. The number of hydrogen-bond acceptors (Lipinski definition) is 1. The molecule has 104 valence electrons. The number of rotatable bonds is 2. The van der Waals surface area contributed by atoms with E-state index in [2.05, 4.69) is 44.2 Å². The highest BCUT2D eigenvalue weighted by Crippen LogP contribution is 2.40. The predicted octanol–water partition coefficient (Wildman–Crippen LogP) is 5.34. The molecule has 0 bridgehead atoms. The molecule has 0 spiro atoms. The van der Waals surface area contributed by atoms with E-state index >= 15 is 0 Å². The summed E-state index contributed by atoms with van der Waals surface area (Å²) >= 11 is 0. The molecule has 0 amide bonds. The van der Waals surface area contributed by atoms with Gasteiger partial charge in [-0.2, -0.15) is 0 Å². The largest absolute Gasteiger partial charge is 0.507 e. The van der Waals surface area contributed by atoms with Gasteiger partial charge in [0, 0.05) is 5.56 Å². The van der Waals surface area contributed by atoms with Crippen LogP contribution in [0.3, 0.4) is 0 Å². The van der Waals surface area contributed by atoms with Crippen LogP contribution in [0.2, 0.25) is 0 Å². The Hall–Kier alpha value is -2.54. The second kappa shape index (κ2) is 5.45. The lowest BCUT2D eigenvalue weighted by molar-refractivity contribution is 0.477. The molecule has 0 heterocycles.